The van der Waals surface area contributed by atoms with Gasteiger partial charge in [-0.25, -0.2) is 0 Å². The first-order chi connectivity index (χ1) is 5.79. The average Bonchev–Trinajstić information content (AvgIpc) is 2.49. The lowest BCUT2D eigenvalue weighted by molar-refractivity contribution is 0.191. The number of hydrogen-bond donors (Lipinski definition) is 2. The van der Waals surface area contributed by atoms with E-state index in [1.807, 2.05) is 0 Å². The summed E-state index contributed by atoms with van der Waals surface area (Å²) in [6.45, 7) is 3.42. The molecule has 1 atom stereocenters. The summed E-state index contributed by atoms with van der Waals surface area (Å²) in [5, 5.41) is 16.4. The first kappa shape index (κ1) is 9.71. The molecule has 0 amide bonds. The van der Waals surface area contributed by atoms with Gasteiger partial charge in [-0.05, 0) is 42.3 Å². The molecule has 3 heteroatoms. The summed E-state index contributed by atoms with van der Waals surface area (Å²) in [6, 6.07) is 2.13. The Morgan fingerprint density at radius 3 is 3.08 bits per heavy atom. The molecule has 1 aromatic heterocycles. The molecule has 0 bridgehead atoms. The Balaban J connectivity index is 2.04. The zero-order chi connectivity index (χ0) is 8.81. The highest BCUT2D eigenvalue weighted by atomic mass is 32.1. The zero-order valence-corrected chi connectivity index (χ0v) is 8.10. The van der Waals surface area contributed by atoms with Crippen molar-refractivity contribution in [1.82, 2.24) is 5.32 Å². The van der Waals surface area contributed by atoms with E-state index in [4.69, 9.17) is 5.11 Å². The van der Waals surface area contributed by atoms with Gasteiger partial charge in [0.25, 0.3) is 0 Å². The second-order valence-corrected chi connectivity index (χ2v) is 3.71. The van der Waals surface area contributed by atoms with Gasteiger partial charge in [0.15, 0.2) is 0 Å². The molecule has 0 unspecified atom stereocenters. The lowest BCUT2D eigenvalue weighted by Crippen LogP contribution is -2.26. The standard InChI is InChI=1S/C9H15NOS/c1-8(11)6-10-4-2-9-3-5-12-7-9/h3,5,7-8,10-11H,2,4,6H2,1H3/t8-/m1/s1. The van der Waals surface area contributed by atoms with Crippen molar-refractivity contribution in [1.29, 1.82) is 0 Å². The van der Waals surface area contributed by atoms with Gasteiger partial charge in [-0.3, -0.25) is 0 Å². The monoisotopic (exact) mass is 185 g/mol. The highest BCUT2D eigenvalue weighted by Crippen LogP contribution is 2.05. The summed E-state index contributed by atoms with van der Waals surface area (Å²) in [5.74, 6) is 0. The van der Waals surface area contributed by atoms with Gasteiger partial charge >= 0.3 is 0 Å². The van der Waals surface area contributed by atoms with Gasteiger partial charge < -0.3 is 10.4 Å². The predicted octanol–water partition coefficient (Wildman–Crippen LogP) is 1.26. The lowest BCUT2D eigenvalue weighted by atomic mass is 10.2. The third-order valence-corrected chi connectivity index (χ3v) is 2.34. The molecule has 0 aliphatic carbocycles. The van der Waals surface area contributed by atoms with Crippen LogP contribution in [0.15, 0.2) is 16.8 Å². The molecule has 0 spiro atoms. The second kappa shape index (κ2) is 5.30. The molecular formula is C9H15NOS. The summed E-state index contributed by atoms with van der Waals surface area (Å²) in [4.78, 5) is 0. The fraction of sp³-hybridized carbons (Fsp3) is 0.556. The minimum Gasteiger partial charge on any atom is -0.392 e. The van der Waals surface area contributed by atoms with Gasteiger partial charge in [0.2, 0.25) is 0 Å². The van der Waals surface area contributed by atoms with Crippen molar-refractivity contribution >= 4 is 11.3 Å². The maximum Gasteiger partial charge on any atom is 0.0636 e. The molecule has 1 rings (SSSR count). The maximum atomic E-state index is 8.95. The fourth-order valence-electron chi connectivity index (χ4n) is 0.979. The number of thiophene rings is 1. The second-order valence-electron chi connectivity index (χ2n) is 2.93. The molecule has 0 saturated heterocycles. The summed E-state index contributed by atoms with van der Waals surface area (Å²) < 4.78 is 0. The largest absolute Gasteiger partial charge is 0.392 e. The van der Waals surface area contributed by atoms with Crippen molar-refractivity contribution in [2.45, 2.75) is 19.4 Å². The zero-order valence-electron chi connectivity index (χ0n) is 7.29. The van der Waals surface area contributed by atoms with E-state index in [-0.39, 0.29) is 6.10 Å². The highest BCUT2D eigenvalue weighted by Gasteiger charge is 1.95. The summed E-state index contributed by atoms with van der Waals surface area (Å²) >= 11 is 1.73. The van der Waals surface area contributed by atoms with E-state index in [0.717, 1.165) is 13.0 Å². The summed E-state index contributed by atoms with van der Waals surface area (Å²) in [5.41, 5.74) is 1.37. The van der Waals surface area contributed by atoms with Crippen LogP contribution in [0.4, 0.5) is 0 Å². The topological polar surface area (TPSA) is 32.3 Å². The van der Waals surface area contributed by atoms with Gasteiger partial charge in [0, 0.05) is 6.54 Å². The SMILES string of the molecule is C[C@@H](O)CNCCc1ccsc1. The molecule has 0 aliphatic rings. The van der Waals surface area contributed by atoms with Crippen molar-refractivity contribution in [3.05, 3.63) is 22.4 Å². The van der Waals surface area contributed by atoms with E-state index in [9.17, 15) is 0 Å². The van der Waals surface area contributed by atoms with E-state index in [2.05, 4.69) is 22.1 Å². The van der Waals surface area contributed by atoms with Crippen molar-refractivity contribution in [2.75, 3.05) is 13.1 Å². The molecule has 2 N–H and O–H groups in total. The Labute approximate surface area is 77.2 Å². The lowest BCUT2D eigenvalue weighted by Gasteiger charge is -2.05. The van der Waals surface area contributed by atoms with Crippen molar-refractivity contribution in [3.63, 3.8) is 0 Å². The van der Waals surface area contributed by atoms with E-state index in [0.29, 0.717) is 6.54 Å². The van der Waals surface area contributed by atoms with Crippen LogP contribution in [0, 0.1) is 0 Å². The molecule has 1 aromatic rings. The van der Waals surface area contributed by atoms with Crippen LogP contribution in [0.5, 0.6) is 0 Å². The smallest absolute Gasteiger partial charge is 0.0636 e. The Morgan fingerprint density at radius 2 is 2.50 bits per heavy atom. The number of nitrogens with one attached hydrogen (secondary N) is 1. The quantitative estimate of drug-likeness (QED) is 0.677. The third-order valence-electron chi connectivity index (χ3n) is 1.61. The Morgan fingerprint density at radius 1 is 1.67 bits per heavy atom. The Bertz CT molecular complexity index is 196. The van der Waals surface area contributed by atoms with E-state index < -0.39 is 0 Å². The average molecular weight is 185 g/mol. The van der Waals surface area contributed by atoms with Crippen LogP contribution in [0.1, 0.15) is 12.5 Å². The molecule has 0 aromatic carbocycles. The summed E-state index contributed by atoms with van der Waals surface area (Å²) in [7, 11) is 0. The molecule has 0 aliphatic heterocycles. The van der Waals surface area contributed by atoms with Gasteiger partial charge in [0.05, 0.1) is 6.10 Å². The van der Waals surface area contributed by atoms with Crippen molar-refractivity contribution in [3.8, 4) is 0 Å². The summed E-state index contributed by atoms with van der Waals surface area (Å²) in [6.07, 6.45) is 0.809. The molecule has 2 nitrogen and oxygen atoms in total. The number of hydrogen-bond acceptors (Lipinski definition) is 3. The highest BCUT2D eigenvalue weighted by molar-refractivity contribution is 7.07. The van der Waals surface area contributed by atoms with E-state index >= 15 is 0 Å². The number of aliphatic hydroxyl groups is 1. The molecule has 0 radical (unpaired) electrons. The van der Waals surface area contributed by atoms with Crippen LogP contribution >= 0.6 is 11.3 Å². The van der Waals surface area contributed by atoms with E-state index in [1.54, 1.807) is 18.3 Å². The van der Waals surface area contributed by atoms with Crippen LogP contribution in [-0.4, -0.2) is 24.3 Å². The Kier molecular flexibility index (Phi) is 4.29. The van der Waals surface area contributed by atoms with Crippen LogP contribution in [0.3, 0.4) is 0 Å². The minimum atomic E-state index is -0.243. The van der Waals surface area contributed by atoms with Gasteiger partial charge in [0.1, 0.15) is 0 Å². The Hall–Kier alpha value is -0.380. The molecule has 1 heterocycles. The van der Waals surface area contributed by atoms with Gasteiger partial charge in [-0.1, -0.05) is 0 Å². The first-order valence-corrected chi connectivity index (χ1v) is 5.13. The first-order valence-electron chi connectivity index (χ1n) is 4.19. The number of rotatable bonds is 5. The molecular weight excluding hydrogens is 170 g/mol. The fourth-order valence-corrected chi connectivity index (χ4v) is 1.68. The predicted molar refractivity (Wildman–Crippen MR) is 52.6 cm³/mol. The van der Waals surface area contributed by atoms with Crippen LogP contribution in [0.25, 0.3) is 0 Å². The van der Waals surface area contributed by atoms with Crippen LogP contribution in [-0.2, 0) is 6.42 Å². The molecule has 0 saturated carbocycles. The number of aliphatic hydroxyl groups excluding tert-OH is 1. The minimum absolute atomic E-state index is 0.243. The molecule has 68 valence electrons. The van der Waals surface area contributed by atoms with Crippen molar-refractivity contribution in [2.24, 2.45) is 0 Å². The molecule has 0 fully saturated rings. The van der Waals surface area contributed by atoms with Gasteiger partial charge in [-0.15, -0.1) is 0 Å². The third kappa shape index (κ3) is 3.85. The van der Waals surface area contributed by atoms with E-state index in [1.165, 1.54) is 5.56 Å². The molecule has 12 heavy (non-hydrogen) atoms. The normalized spacial score (nSPS) is 13.2. The van der Waals surface area contributed by atoms with Gasteiger partial charge in [-0.2, -0.15) is 11.3 Å². The van der Waals surface area contributed by atoms with Crippen LogP contribution < -0.4 is 5.32 Å². The van der Waals surface area contributed by atoms with Crippen LogP contribution in [0.2, 0.25) is 0 Å². The van der Waals surface area contributed by atoms with Crippen molar-refractivity contribution < 1.29 is 5.11 Å². The maximum absolute atomic E-state index is 8.95.